The Bertz CT molecular complexity index is 672. The van der Waals surface area contributed by atoms with E-state index in [2.05, 4.69) is 25.6 Å². The zero-order valence-electron chi connectivity index (χ0n) is 11.1. The van der Waals surface area contributed by atoms with E-state index >= 15 is 0 Å². The molecule has 0 saturated heterocycles. The van der Waals surface area contributed by atoms with E-state index in [0.717, 1.165) is 5.56 Å². The number of nitrogens with one attached hydrogen (secondary N) is 2. The van der Waals surface area contributed by atoms with Gasteiger partial charge in [-0.25, -0.2) is 9.59 Å². The molecule has 0 aromatic carbocycles. The summed E-state index contributed by atoms with van der Waals surface area (Å²) < 4.78 is 4.69. The number of methoxy groups -OCH3 is 1. The number of carbonyl (C=O) groups is 2. The Balaban J connectivity index is 2.09. The second-order valence-corrected chi connectivity index (χ2v) is 5.20. The molecule has 0 aliphatic carbocycles. The van der Waals surface area contributed by atoms with Gasteiger partial charge in [0.25, 0.3) is 0 Å². The van der Waals surface area contributed by atoms with Crippen molar-refractivity contribution in [2.24, 2.45) is 0 Å². The number of urea groups is 1. The normalized spacial score (nSPS) is 10.0. The van der Waals surface area contributed by atoms with E-state index in [-0.39, 0.29) is 11.0 Å². The average Bonchev–Trinajstić information content (AvgIpc) is 2.81. The second kappa shape index (κ2) is 6.51. The number of rotatable bonds is 3. The van der Waals surface area contributed by atoms with E-state index in [1.807, 2.05) is 0 Å². The number of anilines is 2. The Labute approximate surface area is 129 Å². The smallest absolute Gasteiger partial charge is 0.341 e. The molecule has 9 heteroatoms. The molecule has 2 amide bonds. The largest absolute Gasteiger partial charge is 0.465 e. The van der Waals surface area contributed by atoms with Crippen molar-refractivity contribution in [3.8, 4) is 0 Å². The van der Waals surface area contributed by atoms with Gasteiger partial charge in [-0.2, -0.15) is 0 Å². The van der Waals surface area contributed by atoms with Gasteiger partial charge in [-0.3, -0.25) is 10.6 Å². The van der Waals surface area contributed by atoms with Crippen LogP contribution in [0.5, 0.6) is 0 Å². The van der Waals surface area contributed by atoms with Crippen LogP contribution in [0.4, 0.5) is 15.6 Å². The van der Waals surface area contributed by atoms with Crippen LogP contribution < -0.4 is 10.6 Å². The third-order valence-corrected chi connectivity index (χ3v) is 3.68. The number of carbonyl (C=O) groups excluding carboxylic acids is 2. The van der Waals surface area contributed by atoms with E-state index in [1.165, 1.54) is 30.6 Å². The summed E-state index contributed by atoms with van der Waals surface area (Å²) in [5, 5.41) is 14.7. The summed E-state index contributed by atoms with van der Waals surface area (Å²) in [5.74, 6) is -0.264. The summed E-state index contributed by atoms with van der Waals surface area (Å²) in [6, 6.07) is 2.47. The number of nitrogens with zero attached hydrogens (tertiary/aromatic N) is 2. The molecule has 0 fully saturated rings. The number of amides is 2. The molecular formula is C12H11ClN4O3S. The number of halogens is 1. The van der Waals surface area contributed by atoms with Gasteiger partial charge in [0.15, 0.2) is 11.0 Å². The maximum Gasteiger partial charge on any atom is 0.341 e. The van der Waals surface area contributed by atoms with Gasteiger partial charge in [-0.15, -0.1) is 21.5 Å². The molecule has 2 aromatic rings. The SMILES string of the molecule is COC(=O)c1c(C)csc1NC(=O)Nc1ccc(Cl)nn1. The lowest BCUT2D eigenvalue weighted by molar-refractivity contribution is 0.0601. The van der Waals surface area contributed by atoms with Crippen LogP contribution >= 0.6 is 22.9 Å². The highest BCUT2D eigenvalue weighted by Crippen LogP contribution is 2.28. The summed E-state index contributed by atoms with van der Waals surface area (Å²) in [5.41, 5.74) is 1.06. The lowest BCUT2D eigenvalue weighted by Crippen LogP contribution is -2.21. The Morgan fingerprint density at radius 3 is 2.67 bits per heavy atom. The average molecular weight is 327 g/mol. The minimum Gasteiger partial charge on any atom is -0.465 e. The van der Waals surface area contributed by atoms with Crippen molar-refractivity contribution in [1.29, 1.82) is 0 Å². The molecule has 2 rings (SSSR count). The topological polar surface area (TPSA) is 93.2 Å². The third-order valence-electron chi connectivity index (χ3n) is 2.47. The molecule has 21 heavy (non-hydrogen) atoms. The summed E-state index contributed by atoms with van der Waals surface area (Å²) in [6.07, 6.45) is 0. The minimum atomic E-state index is -0.543. The second-order valence-electron chi connectivity index (χ2n) is 3.93. The lowest BCUT2D eigenvalue weighted by Gasteiger charge is -2.07. The van der Waals surface area contributed by atoms with Crippen molar-refractivity contribution < 1.29 is 14.3 Å². The van der Waals surface area contributed by atoms with Crippen molar-refractivity contribution in [2.75, 3.05) is 17.7 Å². The standard InChI is InChI=1S/C12H11ClN4O3S/c1-6-5-21-10(9(6)11(18)20-2)15-12(19)14-8-4-3-7(13)16-17-8/h3-5H,1-2H3,(H2,14,15,17,19). The van der Waals surface area contributed by atoms with Gasteiger partial charge in [-0.1, -0.05) is 11.6 Å². The summed E-state index contributed by atoms with van der Waals surface area (Å²) in [6.45, 7) is 1.76. The zero-order valence-corrected chi connectivity index (χ0v) is 12.7. The van der Waals surface area contributed by atoms with E-state index < -0.39 is 12.0 Å². The van der Waals surface area contributed by atoms with Crippen LogP contribution in [0.3, 0.4) is 0 Å². The number of thiophene rings is 1. The van der Waals surface area contributed by atoms with Gasteiger partial charge in [0.05, 0.1) is 12.7 Å². The first-order valence-electron chi connectivity index (χ1n) is 5.75. The Kier molecular flexibility index (Phi) is 4.71. The van der Waals surface area contributed by atoms with Crippen LogP contribution in [0.15, 0.2) is 17.5 Å². The van der Waals surface area contributed by atoms with Crippen LogP contribution in [0.2, 0.25) is 5.15 Å². The molecule has 0 atom stereocenters. The van der Waals surface area contributed by atoms with Gasteiger partial charge in [0, 0.05) is 0 Å². The number of aryl methyl sites for hydroxylation is 1. The van der Waals surface area contributed by atoms with Crippen molar-refractivity contribution in [2.45, 2.75) is 6.92 Å². The first-order chi connectivity index (χ1) is 10.0. The molecule has 2 N–H and O–H groups in total. The highest BCUT2D eigenvalue weighted by molar-refractivity contribution is 7.15. The Morgan fingerprint density at radius 1 is 1.29 bits per heavy atom. The first kappa shape index (κ1) is 15.2. The van der Waals surface area contributed by atoms with E-state index in [4.69, 9.17) is 11.6 Å². The molecule has 0 aliphatic heterocycles. The van der Waals surface area contributed by atoms with Crippen LogP contribution in [0.25, 0.3) is 0 Å². The summed E-state index contributed by atoms with van der Waals surface area (Å²) >= 11 is 6.83. The predicted octanol–water partition coefficient (Wildman–Crippen LogP) is 2.93. The van der Waals surface area contributed by atoms with E-state index in [9.17, 15) is 9.59 Å². The quantitative estimate of drug-likeness (QED) is 0.846. The Morgan fingerprint density at radius 2 is 2.05 bits per heavy atom. The van der Waals surface area contributed by atoms with E-state index in [0.29, 0.717) is 10.6 Å². The fourth-order valence-corrected chi connectivity index (χ4v) is 2.55. The number of hydrogen-bond donors (Lipinski definition) is 2. The predicted molar refractivity (Wildman–Crippen MR) is 80.1 cm³/mol. The number of hydrogen-bond acceptors (Lipinski definition) is 6. The first-order valence-corrected chi connectivity index (χ1v) is 7.00. The molecule has 0 saturated carbocycles. The summed E-state index contributed by atoms with van der Waals surface area (Å²) in [4.78, 5) is 23.5. The van der Waals surface area contributed by atoms with Crippen LogP contribution in [0, 0.1) is 6.92 Å². The number of aromatic nitrogens is 2. The molecule has 0 radical (unpaired) electrons. The van der Waals surface area contributed by atoms with Crippen LogP contribution in [-0.4, -0.2) is 29.3 Å². The van der Waals surface area contributed by atoms with Crippen molar-refractivity contribution in [1.82, 2.24) is 10.2 Å². The molecular weight excluding hydrogens is 316 g/mol. The van der Waals surface area contributed by atoms with Crippen LogP contribution in [0.1, 0.15) is 15.9 Å². The van der Waals surface area contributed by atoms with Crippen LogP contribution in [-0.2, 0) is 4.74 Å². The fraction of sp³-hybridized carbons (Fsp3) is 0.167. The maximum absolute atomic E-state index is 11.9. The van der Waals surface area contributed by atoms with E-state index in [1.54, 1.807) is 12.3 Å². The molecule has 2 heterocycles. The monoisotopic (exact) mass is 326 g/mol. The number of esters is 1. The molecule has 0 bridgehead atoms. The Hall–Kier alpha value is -2.19. The van der Waals surface area contributed by atoms with Crippen molar-refractivity contribution in [3.05, 3.63) is 33.8 Å². The maximum atomic E-state index is 11.9. The molecule has 7 nitrogen and oxygen atoms in total. The minimum absolute atomic E-state index is 0.225. The highest BCUT2D eigenvalue weighted by atomic mass is 35.5. The van der Waals surface area contributed by atoms with Gasteiger partial charge < -0.3 is 4.74 Å². The molecule has 2 aromatic heterocycles. The van der Waals surface area contributed by atoms with Gasteiger partial charge in [0.1, 0.15) is 5.00 Å². The number of ether oxygens (including phenoxy) is 1. The molecule has 0 aliphatic rings. The third kappa shape index (κ3) is 3.67. The molecule has 0 unspecified atom stereocenters. The highest BCUT2D eigenvalue weighted by Gasteiger charge is 2.19. The van der Waals surface area contributed by atoms with Gasteiger partial charge in [0.2, 0.25) is 0 Å². The lowest BCUT2D eigenvalue weighted by atomic mass is 10.2. The van der Waals surface area contributed by atoms with Crippen molar-refractivity contribution in [3.63, 3.8) is 0 Å². The van der Waals surface area contributed by atoms with Gasteiger partial charge >= 0.3 is 12.0 Å². The molecule has 110 valence electrons. The van der Waals surface area contributed by atoms with Crippen molar-refractivity contribution >= 4 is 45.8 Å². The summed E-state index contributed by atoms with van der Waals surface area (Å²) in [7, 11) is 1.28. The zero-order chi connectivity index (χ0) is 15.4. The van der Waals surface area contributed by atoms with Gasteiger partial charge in [-0.05, 0) is 30.0 Å². The fourth-order valence-electron chi connectivity index (χ4n) is 1.53. The molecule has 0 spiro atoms.